The third-order valence-corrected chi connectivity index (χ3v) is 7.33. The van der Waals surface area contributed by atoms with Crippen LogP contribution >= 0.6 is 7.80 Å². The van der Waals surface area contributed by atoms with Crippen LogP contribution in [0.15, 0.2) is 11.6 Å². The van der Waals surface area contributed by atoms with Crippen LogP contribution in [0, 0.1) is 5.92 Å². The Kier molecular flexibility index (Phi) is 17.8. The van der Waals surface area contributed by atoms with Crippen LogP contribution in [0.1, 0.15) is 86.0 Å². The highest BCUT2D eigenvalue weighted by Crippen LogP contribution is 2.36. The van der Waals surface area contributed by atoms with Crippen LogP contribution in [-0.4, -0.2) is 54.2 Å². The van der Waals surface area contributed by atoms with Crippen molar-refractivity contribution in [2.75, 3.05) is 32.4 Å². The zero-order chi connectivity index (χ0) is 22.1. The van der Waals surface area contributed by atoms with Crippen molar-refractivity contribution in [3.8, 4) is 0 Å². The number of hydrogen-bond acceptors (Lipinski definition) is 4. The van der Waals surface area contributed by atoms with Crippen molar-refractivity contribution in [2.24, 2.45) is 5.92 Å². The standard InChI is InChI=1S/C23H46NO4P/c1-6-9-16-24(17-10-7-2)18-14-12-11-13-15-21(22(25)26)19-29(27)23(20(4)5)28-8-3/h15,20,23,29H,6-14,16-19H2,1-5H3,(H,25,26). The third-order valence-electron chi connectivity index (χ3n) is 5.13. The van der Waals surface area contributed by atoms with Gasteiger partial charge in [-0.2, -0.15) is 0 Å². The molecular weight excluding hydrogens is 385 g/mol. The maximum atomic E-state index is 12.6. The van der Waals surface area contributed by atoms with Gasteiger partial charge in [0.1, 0.15) is 13.6 Å². The van der Waals surface area contributed by atoms with E-state index in [2.05, 4.69) is 18.7 Å². The summed E-state index contributed by atoms with van der Waals surface area (Å²) in [4.78, 5) is 14.1. The number of hydrogen-bond donors (Lipinski definition) is 1. The lowest BCUT2D eigenvalue weighted by Crippen LogP contribution is -2.27. The molecule has 6 heteroatoms. The number of rotatable bonds is 19. The van der Waals surface area contributed by atoms with E-state index in [0.29, 0.717) is 6.61 Å². The maximum Gasteiger partial charge on any atom is 0.331 e. The van der Waals surface area contributed by atoms with Crippen LogP contribution in [-0.2, 0) is 14.1 Å². The fourth-order valence-corrected chi connectivity index (χ4v) is 5.36. The summed E-state index contributed by atoms with van der Waals surface area (Å²) < 4.78 is 18.2. The number of aliphatic carboxylic acids is 1. The molecule has 2 atom stereocenters. The van der Waals surface area contributed by atoms with Gasteiger partial charge in [0.2, 0.25) is 0 Å². The summed E-state index contributed by atoms with van der Waals surface area (Å²) in [5.41, 5.74) is 0.284. The van der Waals surface area contributed by atoms with Gasteiger partial charge in [-0.3, -0.25) is 0 Å². The Morgan fingerprint density at radius 3 is 2.07 bits per heavy atom. The second-order valence-corrected chi connectivity index (χ2v) is 10.1. The molecule has 0 aliphatic rings. The lowest BCUT2D eigenvalue weighted by atomic mass is 10.1. The molecule has 0 saturated heterocycles. The maximum absolute atomic E-state index is 12.6. The van der Waals surface area contributed by atoms with Gasteiger partial charge in [0, 0.05) is 18.3 Å². The van der Waals surface area contributed by atoms with Gasteiger partial charge in [0.25, 0.3) is 0 Å². The van der Waals surface area contributed by atoms with E-state index < -0.39 is 13.8 Å². The molecular formula is C23H46NO4P. The van der Waals surface area contributed by atoms with E-state index >= 15 is 0 Å². The molecule has 0 amide bonds. The zero-order valence-corrected chi connectivity index (χ0v) is 20.5. The smallest absolute Gasteiger partial charge is 0.331 e. The predicted molar refractivity (Wildman–Crippen MR) is 125 cm³/mol. The number of carboxylic acid groups (broad SMARTS) is 1. The summed E-state index contributed by atoms with van der Waals surface area (Å²) in [7, 11) is -2.14. The summed E-state index contributed by atoms with van der Waals surface area (Å²) in [5, 5.41) is 9.47. The van der Waals surface area contributed by atoms with E-state index in [-0.39, 0.29) is 23.5 Å². The lowest BCUT2D eigenvalue weighted by molar-refractivity contribution is -0.132. The summed E-state index contributed by atoms with van der Waals surface area (Å²) in [6.45, 7) is 14.3. The van der Waals surface area contributed by atoms with Crippen molar-refractivity contribution >= 4 is 13.8 Å². The van der Waals surface area contributed by atoms with E-state index in [1.807, 2.05) is 20.8 Å². The molecule has 0 rings (SSSR count). The number of nitrogens with zero attached hydrogens (tertiary/aromatic N) is 1. The molecule has 0 radical (unpaired) electrons. The predicted octanol–water partition coefficient (Wildman–Crippen LogP) is 6.04. The molecule has 2 unspecified atom stereocenters. The first-order chi connectivity index (χ1) is 13.9. The Hall–Kier alpha value is -0.640. The van der Waals surface area contributed by atoms with Crippen molar-refractivity contribution in [2.45, 2.75) is 91.8 Å². The van der Waals surface area contributed by atoms with Crippen molar-refractivity contribution in [3.63, 3.8) is 0 Å². The average molecular weight is 432 g/mol. The Bertz CT molecular complexity index is 471. The van der Waals surface area contributed by atoms with Crippen molar-refractivity contribution in [1.29, 1.82) is 0 Å². The molecule has 0 aliphatic carbocycles. The highest BCUT2D eigenvalue weighted by atomic mass is 31.1. The highest BCUT2D eigenvalue weighted by molar-refractivity contribution is 7.45. The molecule has 0 heterocycles. The SMILES string of the molecule is CCCCN(CCCC)CCCCCC=C(C[PH](=O)C(OCC)C(C)C)C(=O)O. The zero-order valence-electron chi connectivity index (χ0n) is 19.5. The van der Waals surface area contributed by atoms with Crippen LogP contribution < -0.4 is 0 Å². The monoisotopic (exact) mass is 431 g/mol. The van der Waals surface area contributed by atoms with Gasteiger partial charge < -0.3 is 19.3 Å². The van der Waals surface area contributed by atoms with Crippen LogP contribution in [0.2, 0.25) is 0 Å². The molecule has 172 valence electrons. The molecule has 0 bridgehead atoms. The molecule has 29 heavy (non-hydrogen) atoms. The second-order valence-electron chi connectivity index (χ2n) is 8.20. The summed E-state index contributed by atoms with van der Waals surface area (Å²) in [6, 6.07) is 0. The Morgan fingerprint density at radius 2 is 1.59 bits per heavy atom. The number of carboxylic acids is 1. The van der Waals surface area contributed by atoms with Gasteiger partial charge in [-0.1, -0.05) is 53.0 Å². The molecule has 5 nitrogen and oxygen atoms in total. The Morgan fingerprint density at radius 1 is 1.00 bits per heavy atom. The Labute approximate surface area is 180 Å². The molecule has 0 aromatic carbocycles. The first-order valence-corrected chi connectivity index (χ1v) is 13.3. The van der Waals surface area contributed by atoms with Gasteiger partial charge >= 0.3 is 5.97 Å². The van der Waals surface area contributed by atoms with Crippen molar-refractivity contribution in [1.82, 2.24) is 4.90 Å². The van der Waals surface area contributed by atoms with Crippen LogP contribution in [0.5, 0.6) is 0 Å². The number of ether oxygens (including phenoxy) is 1. The van der Waals surface area contributed by atoms with E-state index in [4.69, 9.17) is 4.74 Å². The first kappa shape index (κ1) is 28.4. The topological polar surface area (TPSA) is 66.8 Å². The highest BCUT2D eigenvalue weighted by Gasteiger charge is 2.23. The molecule has 0 spiro atoms. The van der Waals surface area contributed by atoms with E-state index in [0.717, 1.165) is 32.2 Å². The van der Waals surface area contributed by atoms with Gasteiger partial charge in [-0.05, 0) is 64.6 Å². The molecule has 1 N–H and O–H groups in total. The van der Waals surface area contributed by atoms with Gasteiger partial charge in [0.15, 0.2) is 0 Å². The quantitative estimate of drug-likeness (QED) is 0.153. The number of allylic oxidation sites excluding steroid dienone is 1. The fourth-order valence-electron chi connectivity index (χ4n) is 3.39. The lowest BCUT2D eigenvalue weighted by Gasteiger charge is -2.21. The van der Waals surface area contributed by atoms with Crippen LogP contribution in [0.25, 0.3) is 0 Å². The van der Waals surface area contributed by atoms with Crippen molar-refractivity contribution < 1.29 is 19.2 Å². The van der Waals surface area contributed by atoms with E-state index in [9.17, 15) is 14.5 Å². The van der Waals surface area contributed by atoms with Crippen molar-refractivity contribution in [3.05, 3.63) is 11.6 Å². The fraction of sp³-hybridized carbons (Fsp3) is 0.870. The van der Waals surface area contributed by atoms with Crippen LogP contribution in [0.3, 0.4) is 0 Å². The molecule has 0 aliphatic heterocycles. The molecule has 0 saturated carbocycles. The summed E-state index contributed by atoms with van der Waals surface area (Å²) in [5.74, 6) is -1.17. The first-order valence-electron chi connectivity index (χ1n) is 11.7. The number of carbonyl (C=O) groups is 1. The minimum Gasteiger partial charge on any atom is -0.478 e. The molecule has 0 fully saturated rings. The summed E-state index contributed by atoms with van der Waals surface area (Å²) in [6.07, 6.45) is 10.9. The van der Waals surface area contributed by atoms with Gasteiger partial charge in [0.05, 0.1) is 0 Å². The molecule has 0 aromatic heterocycles. The summed E-state index contributed by atoms with van der Waals surface area (Å²) >= 11 is 0. The average Bonchev–Trinajstić information content (AvgIpc) is 2.68. The third kappa shape index (κ3) is 14.1. The largest absolute Gasteiger partial charge is 0.478 e. The van der Waals surface area contributed by atoms with Gasteiger partial charge in [-0.15, -0.1) is 0 Å². The number of unbranched alkanes of at least 4 members (excludes halogenated alkanes) is 5. The normalized spacial score (nSPS) is 14.5. The van der Waals surface area contributed by atoms with E-state index in [1.54, 1.807) is 6.08 Å². The van der Waals surface area contributed by atoms with Crippen LogP contribution in [0.4, 0.5) is 0 Å². The van der Waals surface area contributed by atoms with E-state index in [1.165, 1.54) is 38.8 Å². The Balaban J connectivity index is 4.42. The minimum absolute atomic E-state index is 0.125. The molecule has 0 aromatic rings. The van der Waals surface area contributed by atoms with Gasteiger partial charge in [-0.25, -0.2) is 4.79 Å². The minimum atomic E-state index is -2.14. The second kappa shape index (κ2) is 18.2.